The van der Waals surface area contributed by atoms with Crippen LogP contribution in [-0.2, 0) is 18.8 Å². The molecule has 0 aliphatic carbocycles. The zero-order valence-electron chi connectivity index (χ0n) is 11.5. The first-order valence-electron chi connectivity index (χ1n) is 6.52. The predicted molar refractivity (Wildman–Crippen MR) is 79.4 cm³/mol. The van der Waals surface area contributed by atoms with Gasteiger partial charge in [-0.3, -0.25) is 4.98 Å². The quantitative estimate of drug-likeness (QED) is 0.676. The Kier molecular flexibility index (Phi) is 3.96. The number of halogens is 1. The summed E-state index contributed by atoms with van der Waals surface area (Å²) in [6.45, 7) is 0.727. The van der Waals surface area contributed by atoms with Gasteiger partial charge >= 0.3 is 0 Å². The molecule has 0 bridgehead atoms. The Labute approximate surface area is 126 Å². The lowest BCUT2D eigenvalue weighted by atomic mass is 10.2. The number of hydrogen-bond donors (Lipinski definition) is 0. The van der Waals surface area contributed by atoms with Crippen molar-refractivity contribution in [2.75, 3.05) is 7.11 Å². The first-order valence-corrected chi connectivity index (χ1v) is 7.06. The van der Waals surface area contributed by atoms with Crippen LogP contribution in [0.4, 0.5) is 0 Å². The molecule has 7 heteroatoms. The summed E-state index contributed by atoms with van der Waals surface area (Å²) < 4.78 is 7.22. The fourth-order valence-corrected chi connectivity index (χ4v) is 2.44. The minimum Gasteiger partial charge on any atom is -0.479 e. The molecule has 0 saturated heterocycles. The van der Waals surface area contributed by atoms with E-state index in [4.69, 9.17) is 16.3 Å². The molecule has 0 amide bonds. The van der Waals surface area contributed by atoms with Gasteiger partial charge in [0.25, 0.3) is 0 Å². The summed E-state index contributed by atoms with van der Waals surface area (Å²) in [5.41, 5.74) is 2.53. The highest BCUT2D eigenvalue weighted by Crippen LogP contribution is 2.22. The van der Waals surface area contributed by atoms with Crippen molar-refractivity contribution < 1.29 is 4.74 Å². The summed E-state index contributed by atoms with van der Waals surface area (Å²) >= 11 is 6.00. The van der Waals surface area contributed by atoms with E-state index in [1.54, 1.807) is 13.3 Å². The maximum atomic E-state index is 6.00. The molecule has 0 fully saturated rings. The molecule has 21 heavy (non-hydrogen) atoms. The third kappa shape index (κ3) is 2.67. The van der Waals surface area contributed by atoms with Crippen LogP contribution >= 0.6 is 11.6 Å². The molecule has 0 atom stereocenters. The maximum Gasteiger partial charge on any atom is 0.245 e. The van der Waals surface area contributed by atoms with Crippen molar-refractivity contribution in [1.29, 1.82) is 0 Å². The van der Waals surface area contributed by atoms with E-state index >= 15 is 0 Å². The number of nitrogens with zero attached hydrogens (tertiary/aromatic N) is 5. The highest BCUT2D eigenvalue weighted by molar-refractivity contribution is 6.16. The Balaban J connectivity index is 1.97. The lowest BCUT2D eigenvalue weighted by Crippen LogP contribution is -2.06. The summed E-state index contributed by atoms with van der Waals surface area (Å²) in [5.74, 6) is 1.54. The van der Waals surface area contributed by atoms with E-state index in [9.17, 15) is 0 Å². The van der Waals surface area contributed by atoms with Crippen LogP contribution in [0.25, 0.3) is 11.2 Å². The van der Waals surface area contributed by atoms with Gasteiger partial charge in [0.2, 0.25) is 5.88 Å². The van der Waals surface area contributed by atoms with Gasteiger partial charge < -0.3 is 9.30 Å². The molecular weight excluding hydrogens is 290 g/mol. The monoisotopic (exact) mass is 303 g/mol. The SMILES string of the molecule is COc1ncnc2c1nc(CCl)n2CCc1cccnc1. The normalized spacial score (nSPS) is 11.0. The van der Waals surface area contributed by atoms with Crippen LogP contribution in [0, 0.1) is 0 Å². The molecule has 0 saturated carbocycles. The standard InChI is InChI=1S/C14H14ClN5O/c1-21-14-12-13(17-9-18-14)20(11(7-15)19-12)6-4-10-3-2-5-16-8-10/h2-3,5,8-9H,4,6-7H2,1H3. The van der Waals surface area contributed by atoms with Gasteiger partial charge in [-0.15, -0.1) is 11.6 Å². The van der Waals surface area contributed by atoms with Gasteiger partial charge in [0.05, 0.1) is 13.0 Å². The number of imidazole rings is 1. The molecule has 0 N–H and O–H groups in total. The summed E-state index contributed by atoms with van der Waals surface area (Å²) in [6.07, 6.45) is 5.92. The van der Waals surface area contributed by atoms with E-state index in [1.165, 1.54) is 6.33 Å². The van der Waals surface area contributed by atoms with E-state index in [2.05, 4.69) is 19.9 Å². The Morgan fingerprint density at radius 1 is 1.33 bits per heavy atom. The third-order valence-electron chi connectivity index (χ3n) is 3.24. The summed E-state index contributed by atoms with van der Waals surface area (Å²) in [5, 5.41) is 0. The van der Waals surface area contributed by atoms with Crippen LogP contribution in [0.1, 0.15) is 11.4 Å². The van der Waals surface area contributed by atoms with E-state index in [-0.39, 0.29) is 0 Å². The van der Waals surface area contributed by atoms with Crippen LogP contribution in [0.15, 0.2) is 30.9 Å². The van der Waals surface area contributed by atoms with Crippen LogP contribution in [-0.4, -0.2) is 31.6 Å². The topological polar surface area (TPSA) is 65.7 Å². The Morgan fingerprint density at radius 3 is 2.95 bits per heavy atom. The van der Waals surface area contributed by atoms with E-state index < -0.39 is 0 Å². The largest absolute Gasteiger partial charge is 0.479 e. The van der Waals surface area contributed by atoms with Crippen LogP contribution in [0.2, 0.25) is 0 Å². The molecule has 3 aromatic rings. The summed E-state index contributed by atoms with van der Waals surface area (Å²) in [7, 11) is 1.57. The van der Waals surface area contributed by atoms with Crippen molar-refractivity contribution in [2.24, 2.45) is 0 Å². The van der Waals surface area contributed by atoms with Gasteiger partial charge in [0.15, 0.2) is 11.2 Å². The van der Waals surface area contributed by atoms with Crippen LogP contribution in [0.5, 0.6) is 5.88 Å². The zero-order chi connectivity index (χ0) is 14.7. The average molecular weight is 304 g/mol. The minimum absolute atomic E-state index is 0.312. The van der Waals surface area contributed by atoms with Gasteiger partial charge in [-0.1, -0.05) is 6.07 Å². The molecule has 0 radical (unpaired) electrons. The predicted octanol–water partition coefficient (Wildman–Crippen LogP) is 2.21. The minimum atomic E-state index is 0.312. The molecule has 3 rings (SSSR count). The summed E-state index contributed by atoms with van der Waals surface area (Å²) in [4.78, 5) is 17.0. The molecule has 0 aliphatic rings. The molecule has 0 spiro atoms. The Morgan fingerprint density at radius 2 is 2.24 bits per heavy atom. The summed E-state index contributed by atoms with van der Waals surface area (Å²) in [6, 6.07) is 3.97. The van der Waals surface area contributed by atoms with Crippen molar-refractivity contribution in [1.82, 2.24) is 24.5 Å². The average Bonchev–Trinajstić information content (AvgIpc) is 2.91. The van der Waals surface area contributed by atoms with Crippen molar-refractivity contribution >= 4 is 22.8 Å². The number of aromatic nitrogens is 5. The van der Waals surface area contributed by atoms with E-state index in [0.717, 1.165) is 30.0 Å². The highest BCUT2D eigenvalue weighted by Gasteiger charge is 2.15. The lowest BCUT2D eigenvalue weighted by molar-refractivity contribution is 0.401. The second kappa shape index (κ2) is 6.05. The van der Waals surface area contributed by atoms with Crippen LogP contribution < -0.4 is 4.74 Å². The molecule has 3 aromatic heterocycles. The van der Waals surface area contributed by atoms with Crippen LogP contribution in [0.3, 0.4) is 0 Å². The first kappa shape index (κ1) is 13.8. The first-order chi connectivity index (χ1) is 10.3. The van der Waals surface area contributed by atoms with E-state index in [1.807, 2.05) is 22.9 Å². The lowest BCUT2D eigenvalue weighted by Gasteiger charge is -2.07. The Bertz CT molecular complexity index is 744. The van der Waals surface area contributed by atoms with Gasteiger partial charge in [-0.05, 0) is 18.1 Å². The molecule has 0 aliphatic heterocycles. The number of rotatable bonds is 5. The number of fused-ring (bicyclic) bond motifs is 1. The molecule has 108 valence electrons. The van der Waals surface area contributed by atoms with Gasteiger partial charge in [0.1, 0.15) is 12.2 Å². The maximum absolute atomic E-state index is 6.00. The number of aryl methyl sites for hydroxylation is 2. The number of hydrogen-bond acceptors (Lipinski definition) is 5. The van der Waals surface area contributed by atoms with Crippen molar-refractivity contribution in [3.63, 3.8) is 0 Å². The van der Waals surface area contributed by atoms with Crippen molar-refractivity contribution in [3.8, 4) is 5.88 Å². The smallest absolute Gasteiger partial charge is 0.245 e. The highest BCUT2D eigenvalue weighted by atomic mass is 35.5. The Hall–Kier alpha value is -2.21. The van der Waals surface area contributed by atoms with Gasteiger partial charge in [-0.25, -0.2) is 9.97 Å². The number of alkyl halides is 1. The number of pyridine rings is 1. The molecule has 0 aromatic carbocycles. The zero-order valence-corrected chi connectivity index (χ0v) is 12.3. The third-order valence-corrected chi connectivity index (χ3v) is 3.48. The molecule has 0 unspecified atom stereocenters. The molecule has 3 heterocycles. The van der Waals surface area contributed by atoms with E-state index in [0.29, 0.717) is 17.3 Å². The number of methoxy groups -OCH3 is 1. The number of ether oxygens (including phenoxy) is 1. The van der Waals surface area contributed by atoms with Gasteiger partial charge in [-0.2, -0.15) is 4.98 Å². The molecule has 6 nitrogen and oxygen atoms in total. The van der Waals surface area contributed by atoms with Crippen molar-refractivity contribution in [2.45, 2.75) is 18.8 Å². The second-order valence-corrected chi connectivity index (χ2v) is 4.75. The van der Waals surface area contributed by atoms with Gasteiger partial charge in [0, 0.05) is 18.9 Å². The van der Waals surface area contributed by atoms with Crippen molar-refractivity contribution in [3.05, 3.63) is 42.2 Å². The second-order valence-electron chi connectivity index (χ2n) is 4.48. The fraction of sp³-hybridized carbons (Fsp3) is 0.286. The fourth-order valence-electron chi connectivity index (χ4n) is 2.23. The molecular formula is C14H14ClN5O.